The van der Waals surface area contributed by atoms with Gasteiger partial charge in [0.2, 0.25) is 5.91 Å². The van der Waals surface area contributed by atoms with Gasteiger partial charge in [-0.15, -0.1) is 24.8 Å². The van der Waals surface area contributed by atoms with Gasteiger partial charge in [-0.05, 0) is 30.8 Å². The highest BCUT2D eigenvalue weighted by Gasteiger charge is 2.20. The minimum atomic E-state index is -0.284. The van der Waals surface area contributed by atoms with Crippen molar-refractivity contribution in [3.05, 3.63) is 23.8 Å². The molecule has 9 heteroatoms. The zero-order valence-electron chi connectivity index (χ0n) is 16.9. The van der Waals surface area contributed by atoms with E-state index in [2.05, 4.69) is 29.4 Å². The molecule has 1 unspecified atom stereocenters. The van der Waals surface area contributed by atoms with Crippen molar-refractivity contribution in [3.63, 3.8) is 0 Å². The summed E-state index contributed by atoms with van der Waals surface area (Å²) < 4.78 is 16.6. The first kappa shape index (κ1) is 26.8. The minimum absolute atomic E-state index is 0. The van der Waals surface area contributed by atoms with Gasteiger partial charge in [-0.1, -0.05) is 19.9 Å². The average Bonchev–Trinajstić information content (AvgIpc) is 2.70. The van der Waals surface area contributed by atoms with Crippen molar-refractivity contribution in [2.45, 2.75) is 26.4 Å². The van der Waals surface area contributed by atoms with Crippen LogP contribution >= 0.6 is 24.8 Å². The summed E-state index contributed by atoms with van der Waals surface area (Å²) in [6.07, 6.45) is 0. The van der Waals surface area contributed by atoms with E-state index < -0.39 is 0 Å². The summed E-state index contributed by atoms with van der Waals surface area (Å²) >= 11 is 0. The lowest BCUT2D eigenvalue weighted by molar-refractivity contribution is -0.126. The number of morpholine rings is 1. The Kier molecular flexibility index (Phi) is 14.0. The number of nitrogens with one attached hydrogen (secondary N) is 2. The number of carbonyl (C=O) groups is 1. The van der Waals surface area contributed by atoms with Crippen LogP contribution in [0.5, 0.6) is 11.5 Å². The number of likely N-dealkylation sites (N-methyl/N-ethyl adjacent to an activating group) is 1. The van der Waals surface area contributed by atoms with Crippen molar-refractivity contribution in [2.75, 3.05) is 53.1 Å². The number of ether oxygens (including phenoxy) is 3. The van der Waals surface area contributed by atoms with Gasteiger partial charge in [-0.3, -0.25) is 4.79 Å². The Morgan fingerprint density at radius 3 is 2.64 bits per heavy atom. The van der Waals surface area contributed by atoms with Crippen molar-refractivity contribution in [1.82, 2.24) is 15.5 Å². The van der Waals surface area contributed by atoms with Gasteiger partial charge in [0.1, 0.15) is 12.6 Å². The Morgan fingerprint density at radius 1 is 1.29 bits per heavy atom. The van der Waals surface area contributed by atoms with Crippen molar-refractivity contribution in [3.8, 4) is 11.5 Å². The van der Waals surface area contributed by atoms with Gasteiger partial charge in [-0.25, -0.2) is 0 Å². The Bertz CT molecular complexity index is 568. The van der Waals surface area contributed by atoms with Crippen LogP contribution in [-0.2, 0) is 16.1 Å². The summed E-state index contributed by atoms with van der Waals surface area (Å²) in [7, 11) is 1.62. The molecule has 0 bridgehead atoms. The summed E-state index contributed by atoms with van der Waals surface area (Å²) in [6.45, 7) is 9.99. The Labute approximate surface area is 180 Å². The molecule has 7 nitrogen and oxygen atoms in total. The fourth-order valence-electron chi connectivity index (χ4n) is 2.81. The molecule has 1 aliphatic rings. The minimum Gasteiger partial charge on any atom is -0.493 e. The molecule has 162 valence electrons. The molecule has 2 rings (SSSR count). The van der Waals surface area contributed by atoms with Crippen LogP contribution in [0.15, 0.2) is 18.2 Å². The van der Waals surface area contributed by atoms with Crippen LogP contribution in [0.3, 0.4) is 0 Å². The Morgan fingerprint density at radius 2 is 2.04 bits per heavy atom. The summed E-state index contributed by atoms with van der Waals surface area (Å²) in [6, 6.07) is 5.45. The number of hydrogen-bond acceptors (Lipinski definition) is 6. The average molecular weight is 438 g/mol. The second kappa shape index (κ2) is 14.7. The van der Waals surface area contributed by atoms with Crippen LogP contribution in [-0.4, -0.2) is 70.0 Å². The smallest absolute Gasteiger partial charge is 0.239 e. The maximum Gasteiger partial charge on any atom is 0.239 e. The lowest BCUT2D eigenvalue weighted by atomic mass is 10.2. The largest absolute Gasteiger partial charge is 0.493 e. The third kappa shape index (κ3) is 8.41. The SMILES string of the molecule is CCN(CC)CCOc1ccc(CNC(=O)C2COCCN2)cc1OC.Cl.Cl. The lowest BCUT2D eigenvalue weighted by Crippen LogP contribution is -2.51. The third-order valence-electron chi connectivity index (χ3n) is 4.49. The monoisotopic (exact) mass is 437 g/mol. The van der Waals surface area contributed by atoms with E-state index in [1.54, 1.807) is 7.11 Å². The molecule has 2 N–H and O–H groups in total. The van der Waals surface area contributed by atoms with E-state index in [-0.39, 0.29) is 36.8 Å². The molecule has 1 atom stereocenters. The molecule has 1 heterocycles. The zero-order valence-corrected chi connectivity index (χ0v) is 18.5. The molecular weight excluding hydrogens is 405 g/mol. The van der Waals surface area contributed by atoms with E-state index in [1.165, 1.54) is 0 Å². The highest BCUT2D eigenvalue weighted by atomic mass is 35.5. The molecule has 0 aliphatic carbocycles. The van der Waals surface area contributed by atoms with Gasteiger partial charge in [0.05, 0.1) is 20.3 Å². The van der Waals surface area contributed by atoms with Crippen LogP contribution in [0, 0.1) is 0 Å². The standard InChI is InChI=1S/C19H31N3O4.2ClH/c1-4-22(5-2)9-11-26-17-7-6-15(12-18(17)24-3)13-21-19(23)16-14-25-10-8-20-16;;/h6-7,12,16,20H,4-5,8-11,13-14H2,1-3H3,(H,21,23);2*1H. The second-order valence-corrected chi connectivity index (χ2v) is 6.16. The van der Waals surface area contributed by atoms with Crippen LogP contribution < -0.4 is 20.1 Å². The number of nitrogens with zero attached hydrogens (tertiary/aromatic N) is 1. The van der Waals surface area contributed by atoms with E-state index in [0.717, 1.165) is 30.9 Å². The van der Waals surface area contributed by atoms with Crippen LogP contribution in [0.25, 0.3) is 0 Å². The number of halogens is 2. The number of benzene rings is 1. The van der Waals surface area contributed by atoms with Crippen molar-refractivity contribution < 1.29 is 19.0 Å². The molecule has 1 aromatic carbocycles. The Hall–Kier alpha value is -1.25. The van der Waals surface area contributed by atoms with Gasteiger partial charge in [0, 0.05) is 19.6 Å². The molecule has 1 saturated heterocycles. The maximum absolute atomic E-state index is 12.1. The summed E-state index contributed by atoms with van der Waals surface area (Å²) in [5, 5.41) is 6.07. The maximum atomic E-state index is 12.1. The molecule has 0 aromatic heterocycles. The van der Waals surface area contributed by atoms with Gasteiger partial charge in [0.25, 0.3) is 0 Å². The predicted molar refractivity (Wildman–Crippen MR) is 115 cm³/mol. The molecule has 0 radical (unpaired) electrons. The van der Waals surface area contributed by atoms with Crippen molar-refractivity contribution in [1.29, 1.82) is 0 Å². The number of hydrogen-bond donors (Lipinski definition) is 2. The second-order valence-electron chi connectivity index (χ2n) is 6.16. The molecule has 1 fully saturated rings. The predicted octanol–water partition coefficient (Wildman–Crippen LogP) is 1.86. The topological polar surface area (TPSA) is 72.1 Å². The summed E-state index contributed by atoms with van der Waals surface area (Å²) in [5.41, 5.74) is 0.961. The molecular formula is C19H33Cl2N3O4. The van der Waals surface area contributed by atoms with E-state index in [9.17, 15) is 4.79 Å². The van der Waals surface area contributed by atoms with Gasteiger partial charge in [-0.2, -0.15) is 0 Å². The summed E-state index contributed by atoms with van der Waals surface area (Å²) in [4.78, 5) is 14.4. The Balaban J connectivity index is 0.00000364. The molecule has 0 saturated carbocycles. The van der Waals surface area contributed by atoms with Crippen molar-refractivity contribution in [2.24, 2.45) is 0 Å². The van der Waals surface area contributed by atoms with E-state index in [4.69, 9.17) is 14.2 Å². The van der Waals surface area contributed by atoms with Crippen molar-refractivity contribution >= 4 is 30.7 Å². The third-order valence-corrected chi connectivity index (χ3v) is 4.49. The number of carbonyl (C=O) groups excluding carboxylic acids is 1. The van der Waals surface area contributed by atoms with E-state index in [1.807, 2.05) is 18.2 Å². The molecule has 0 spiro atoms. The quantitative estimate of drug-likeness (QED) is 0.581. The van der Waals surface area contributed by atoms with E-state index in [0.29, 0.717) is 38.7 Å². The fourth-order valence-corrected chi connectivity index (χ4v) is 2.81. The highest BCUT2D eigenvalue weighted by Crippen LogP contribution is 2.28. The van der Waals surface area contributed by atoms with Gasteiger partial charge >= 0.3 is 0 Å². The van der Waals surface area contributed by atoms with Gasteiger partial charge in [0.15, 0.2) is 11.5 Å². The number of rotatable bonds is 10. The van der Waals surface area contributed by atoms with Crippen LogP contribution in [0.4, 0.5) is 0 Å². The fraction of sp³-hybridized carbons (Fsp3) is 0.632. The number of amides is 1. The number of methoxy groups -OCH3 is 1. The summed E-state index contributed by atoms with van der Waals surface area (Å²) in [5.74, 6) is 1.34. The van der Waals surface area contributed by atoms with Crippen LogP contribution in [0.2, 0.25) is 0 Å². The first-order valence-electron chi connectivity index (χ1n) is 9.28. The first-order valence-corrected chi connectivity index (χ1v) is 9.28. The molecule has 1 aliphatic heterocycles. The first-order chi connectivity index (χ1) is 12.7. The normalized spacial score (nSPS) is 15.9. The van der Waals surface area contributed by atoms with Crippen LogP contribution in [0.1, 0.15) is 19.4 Å². The highest BCUT2D eigenvalue weighted by molar-refractivity contribution is 5.85. The van der Waals surface area contributed by atoms with E-state index >= 15 is 0 Å². The van der Waals surface area contributed by atoms with Gasteiger partial charge < -0.3 is 29.7 Å². The lowest BCUT2D eigenvalue weighted by Gasteiger charge is -2.23. The molecule has 1 aromatic rings. The zero-order chi connectivity index (χ0) is 18.8. The molecule has 28 heavy (non-hydrogen) atoms. The molecule has 1 amide bonds.